The van der Waals surface area contributed by atoms with Crippen molar-refractivity contribution in [2.75, 3.05) is 7.11 Å². The maximum Gasteiger partial charge on any atom is 0.319 e. The first-order valence-corrected chi connectivity index (χ1v) is 7.49. The first-order chi connectivity index (χ1) is 9.15. The Morgan fingerprint density at radius 1 is 1.53 bits per heavy atom. The van der Waals surface area contributed by atoms with Gasteiger partial charge in [0, 0.05) is 16.0 Å². The normalized spacial score (nSPS) is 16.1. The van der Waals surface area contributed by atoms with Crippen LogP contribution >= 0.6 is 27.3 Å². The van der Waals surface area contributed by atoms with Crippen molar-refractivity contribution in [2.45, 2.75) is 18.3 Å². The van der Waals surface area contributed by atoms with Gasteiger partial charge < -0.3 is 4.74 Å². The predicted octanol–water partition coefficient (Wildman–Crippen LogP) is 3.17. The summed E-state index contributed by atoms with van der Waals surface area (Å²) in [5.41, 5.74) is 0.232. The maximum absolute atomic E-state index is 11.8. The molecule has 0 N–H and O–H groups in total. The number of aromatic nitrogens is 2. The number of nitrogens with zero attached hydrogens (tertiary/aromatic N) is 2. The van der Waals surface area contributed by atoms with Gasteiger partial charge in [0.25, 0.3) is 0 Å². The van der Waals surface area contributed by atoms with E-state index in [0.29, 0.717) is 5.82 Å². The Morgan fingerprint density at radius 3 is 2.89 bits per heavy atom. The van der Waals surface area contributed by atoms with Crippen LogP contribution in [0.5, 0.6) is 0 Å². The highest BCUT2D eigenvalue weighted by Gasteiger charge is 2.55. The van der Waals surface area contributed by atoms with Gasteiger partial charge in [0.2, 0.25) is 0 Å². The minimum absolute atomic E-state index is 0.239. The summed E-state index contributed by atoms with van der Waals surface area (Å²) in [7, 11) is 1.41. The number of carbonyl (C=O) groups is 1. The fraction of sp³-hybridized carbons (Fsp3) is 0.308. The summed E-state index contributed by atoms with van der Waals surface area (Å²) < 4.78 is 5.89. The maximum atomic E-state index is 11.8. The molecular formula is C13H11BrN2O2S. The van der Waals surface area contributed by atoms with Crippen LogP contribution in [0.4, 0.5) is 0 Å². The molecule has 0 spiro atoms. The van der Waals surface area contributed by atoms with Crippen molar-refractivity contribution in [3.8, 4) is 10.6 Å². The van der Waals surface area contributed by atoms with E-state index in [1.54, 1.807) is 17.5 Å². The van der Waals surface area contributed by atoms with Crippen LogP contribution in [-0.2, 0) is 14.9 Å². The summed E-state index contributed by atoms with van der Waals surface area (Å²) in [4.78, 5) is 21.7. The Hall–Kier alpha value is -1.27. The highest BCUT2D eigenvalue weighted by Crippen LogP contribution is 2.47. The molecule has 0 atom stereocenters. The van der Waals surface area contributed by atoms with E-state index in [2.05, 4.69) is 25.9 Å². The molecule has 0 radical (unpaired) electrons. The lowest BCUT2D eigenvalue weighted by atomic mass is 10.1. The van der Waals surface area contributed by atoms with E-state index in [1.165, 1.54) is 7.11 Å². The number of hydrogen-bond acceptors (Lipinski definition) is 5. The first-order valence-electron chi connectivity index (χ1n) is 5.82. The highest BCUT2D eigenvalue weighted by atomic mass is 79.9. The molecule has 6 heteroatoms. The fourth-order valence-corrected chi connectivity index (χ4v) is 3.41. The molecule has 0 aromatic carbocycles. The number of thiophene rings is 1. The molecule has 0 amide bonds. The van der Waals surface area contributed by atoms with Crippen LogP contribution in [0.2, 0.25) is 0 Å². The third-order valence-electron chi connectivity index (χ3n) is 3.23. The van der Waals surface area contributed by atoms with Crippen LogP contribution in [0.25, 0.3) is 10.6 Å². The van der Waals surface area contributed by atoms with E-state index in [0.717, 1.165) is 27.9 Å². The van der Waals surface area contributed by atoms with E-state index >= 15 is 0 Å². The zero-order valence-electron chi connectivity index (χ0n) is 10.2. The lowest BCUT2D eigenvalue weighted by Crippen LogP contribution is -2.24. The average Bonchev–Trinajstić information content (AvgIpc) is 3.15. The molecule has 4 nitrogen and oxygen atoms in total. The Labute approximate surface area is 123 Å². The Balaban J connectivity index is 1.99. The molecule has 0 bridgehead atoms. The van der Waals surface area contributed by atoms with Gasteiger partial charge in [-0.15, -0.1) is 11.3 Å². The van der Waals surface area contributed by atoms with E-state index in [4.69, 9.17) is 4.74 Å². The Bertz CT molecular complexity index is 637. The monoisotopic (exact) mass is 338 g/mol. The van der Waals surface area contributed by atoms with Gasteiger partial charge in [0.1, 0.15) is 11.2 Å². The second kappa shape index (κ2) is 4.68. The minimum Gasteiger partial charge on any atom is -0.468 e. The summed E-state index contributed by atoms with van der Waals surface area (Å²) in [6, 6.07) is 3.86. The zero-order valence-corrected chi connectivity index (χ0v) is 12.6. The largest absolute Gasteiger partial charge is 0.468 e. The van der Waals surface area contributed by atoms with E-state index in [-0.39, 0.29) is 5.97 Å². The highest BCUT2D eigenvalue weighted by molar-refractivity contribution is 9.10. The Morgan fingerprint density at radius 2 is 2.32 bits per heavy atom. The molecule has 1 aliphatic rings. The topological polar surface area (TPSA) is 52.1 Å². The molecule has 19 heavy (non-hydrogen) atoms. The first kappa shape index (κ1) is 12.7. The molecule has 2 aromatic rings. The summed E-state index contributed by atoms with van der Waals surface area (Å²) in [6.07, 6.45) is 3.23. The smallest absolute Gasteiger partial charge is 0.319 e. The van der Waals surface area contributed by atoms with Crippen molar-refractivity contribution in [3.05, 3.63) is 34.0 Å². The molecule has 3 rings (SSSR count). The molecule has 1 fully saturated rings. The fourth-order valence-electron chi connectivity index (χ4n) is 2.01. The van der Waals surface area contributed by atoms with Gasteiger partial charge in [-0.25, -0.2) is 9.97 Å². The molecule has 98 valence electrons. The van der Waals surface area contributed by atoms with Gasteiger partial charge in [-0.2, -0.15) is 0 Å². The standard InChI is InChI=1S/C13H11BrN2O2S/c1-18-12(17)13(3-4-13)11-15-5-2-9(16-11)10-6-8(14)7-19-10/h2,5-7H,3-4H2,1H3. The number of esters is 1. The van der Waals surface area contributed by atoms with Crippen LogP contribution in [0.3, 0.4) is 0 Å². The lowest BCUT2D eigenvalue weighted by Gasteiger charge is -2.11. The Kier molecular flexibility index (Phi) is 3.14. The van der Waals surface area contributed by atoms with Crippen LogP contribution in [0.1, 0.15) is 18.7 Å². The van der Waals surface area contributed by atoms with Crippen molar-refractivity contribution >= 4 is 33.2 Å². The third-order valence-corrected chi connectivity index (χ3v) is 4.94. The zero-order chi connectivity index (χ0) is 13.5. The average molecular weight is 339 g/mol. The van der Waals surface area contributed by atoms with E-state index in [9.17, 15) is 4.79 Å². The van der Waals surface area contributed by atoms with Gasteiger partial charge in [0.15, 0.2) is 0 Å². The summed E-state index contributed by atoms with van der Waals surface area (Å²) in [5, 5.41) is 2.00. The number of methoxy groups -OCH3 is 1. The predicted molar refractivity (Wildman–Crippen MR) is 76.0 cm³/mol. The summed E-state index contributed by atoms with van der Waals surface area (Å²) in [6.45, 7) is 0. The molecule has 0 saturated heterocycles. The van der Waals surface area contributed by atoms with Gasteiger partial charge in [-0.05, 0) is 40.9 Å². The van der Waals surface area contributed by atoms with Gasteiger partial charge >= 0.3 is 5.97 Å². The molecule has 2 aromatic heterocycles. The quantitative estimate of drug-likeness (QED) is 0.806. The van der Waals surface area contributed by atoms with Crippen molar-refractivity contribution in [2.24, 2.45) is 0 Å². The molecule has 0 unspecified atom stereocenters. The second-order valence-corrected chi connectivity index (χ2v) is 6.30. The SMILES string of the molecule is COC(=O)C1(c2nccc(-c3cc(Br)cs3)n2)CC1. The van der Waals surface area contributed by atoms with Crippen LogP contribution in [0.15, 0.2) is 28.2 Å². The van der Waals surface area contributed by atoms with Crippen molar-refractivity contribution in [1.29, 1.82) is 0 Å². The summed E-state index contributed by atoms with van der Waals surface area (Å²) >= 11 is 5.03. The number of hydrogen-bond donors (Lipinski definition) is 0. The molecule has 1 saturated carbocycles. The number of carbonyl (C=O) groups excluding carboxylic acids is 1. The number of rotatable bonds is 3. The van der Waals surface area contributed by atoms with Crippen LogP contribution < -0.4 is 0 Å². The molecule has 1 aliphatic carbocycles. The summed E-state index contributed by atoms with van der Waals surface area (Å²) in [5.74, 6) is 0.332. The van der Waals surface area contributed by atoms with Crippen LogP contribution in [-0.4, -0.2) is 23.0 Å². The minimum atomic E-state index is -0.612. The molecule has 2 heterocycles. The number of ether oxygens (including phenoxy) is 1. The van der Waals surface area contributed by atoms with Gasteiger partial charge in [-0.1, -0.05) is 0 Å². The van der Waals surface area contributed by atoms with Crippen LogP contribution in [0, 0.1) is 0 Å². The number of halogens is 1. The third kappa shape index (κ3) is 2.19. The molecule has 0 aliphatic heterocycles. The van der Waals surface area contributed by atoms with E-state index < -0.39 is 5.41 Å². The van der Waals surface area contributed by atoms with Gasteiger partial charge in [0.05, 0.1) is 17.7 Å². The second-order valence-electron chi connectivity index (χ2n) is 4.47. The van der Waals surface area contributed by atoms with Crippen molar-refractivity contribution in [1.82, 2.24) is 9.97 Å². The van der Waals surface area contributed by atoms with Crippen molar-refractivity contribution in [3.63, 3.8) is 0 Å². The van der Waals surface area contributed by atoms with E-state index in [1.807, 2.05) is 17.5 Å². The molecular weight excluding hydrogens is 328 g/mol. The van der Waals surface area contributed by atoms with Crippen molar-refractivity contribution < 1.29 is 9.53 Å². The van der Waals surface area contributed by atoms with Gasteiger partial charge in [-0.3, -0.25) is 4.79 Å². The lowest BCUT2D eigenvalue weighted by molar-refractivity contribution is -0.143.